The first-order valence-electron chi connectivity index (χ1n) is 8.43. The van der Waals surface area contributed by atoms with Crippen LogP contribution in [0.5, 0.6) is 11.5 Å². The number of hydrogen-bond donors (Lipinski definition) is 1. The molecule has 0 aromatic heterocycles. The molecule has 5 heteroatoms. The molecule has 2 aromatic carbocycles. The van der Waals surface area contributed by atoms with Crippen LogP contribution in [0.25, 0.3) is 11.1 Å². The second-order valence-electron chi connectivity index (χ2n) is 5.82. The summed E-state index contributed by atoms with van der Waals surface area (Å²) in [7, 11) is 0. The SMILES string of the molecule is CCCCCOc1ccc(-c2ccc(OC(C)C(=O)O)cc2)cc1F. The average molecular weight is 346 g/mol. The number of carboxylic acids is 1. The van der Waals surface area contributed by atoms with Crippen LogP contribution in [0.2, 0.25) is 0 Å². The predicted molar refractivity (Wildman–Crippen MR) is 94.6 cm³/mol. The zero-order chi connectivity index (χ0) is 18.2. The van der Waals surface area contributed by atoms with Gasteiger partial charge in [-0.3, -0.25) is 0 Å². The molecule has 4 nitrogen and oxygen atoms in total. The Labute approximate surface area is 147 Å². The Morgan fingerprint density at radius 1 is 1.12 bits per heavy atom. The Bertz CT molecular complexity index is 697. The van der Waals surface area contributed by atoms with Gasteiger partial charge in [0.15, 0.2) is 17.7 Å². The van der Waals surface area contributed by atoms with Crippen LogP contribution in [0.1, 0.15) is 33.1 Å². The highest BCUT2D eigenvalue weighted by Gasteiger charge is 2.12. The van der Waals surface area contributed by atoms with Crippen molar-refractivity contribution in [2.45, 2.75) is 39.2 Å². The lowest BCUT2D eigenvalue weighted by Gasteiger charge is -2.11. The third kappa shape index (κ3) is 5.48. The molecule has 2 aromatic rings. The zero-order valence-corrected chi connectivity index (χ0v) is 14.5. The lowest BCUT2D eigenvalue weighted by molar-refractivity contribution is -0.144. The Balaban J connectivity index is 2.03. The first-order chi connectivity index (χ1) is 12.0. The number of unbranched alkanes of at least 4 members (excludes halogenated alkanes) is 2. The van der Waals surface area contributed by atoms with Gasteiger partial charge in [0, 0.05) is 0 Å². The summed E-state index contributed by atoms with van der Waals surface area (Å²) in [6.07, 6.45) is 2.14. The lowest BCUT2D eigenvalue weighted by atomic mass is 10.1. The van der Waals surface area contributed by atoms with Crippen molar-refractivity contribution in [3.8, 4) is 22.6 Å². The van der Waals surface area contributed by atoms with Crippen molar-refractivity contribution in [2.24, 2.45) is 0 Å². The van der Waals surface area contributed by atoms with Gasteiger partial charge in [0.2, 0.25) is 0 Å². The molecular formula is C20H23FO4. The van der Waals surface area contributed by atoms with Crippen LogP contribution in [-0.2, 0) is 4.79 Å². The molecule has 0 aliphatic rings. The molecule has 0 fully saturated rings. The van der Waals surface area contributed by atoms with Crippen molar-refractivity contribution in [2.75, 3.05) is 6.61 Å². The Hall–Kier alpha value is -2.56. The number of aliphatic carboxylic acids is 1. The van der Waals surface area contributed by atoms with E-state index in [4.69, 9.17) is 14.6 Å². The molecule has 0 saturated heterocycles. The molecule has 0 aliphatic carbocycles. The minimum atomic E-state index is -1.03. The van der Waals surface area contributed by atoms with Crippen molar-refractivity contribution in [3.05, 3.63) is 48.3 Å². The lowest BCUT2D eigenvalue weighted by Crippen LogP contribution is -2.22. The fourth-order valence-corrected chi connectivity index (χ4v) is 2.31. The molecule has 0 heterocycles. The van der Waals surface area contributed by atoms with Crippen molar-refractivity contribution in [1.29, 1.82) is 0 Å². The van der Waals surface area contributed by atoms with Crippen LogP contribution in [-0.4, -0.2) is 23.8 Å². The van der Waals surface area contributed by atoms with Gasteiger partial charge in [-0.05, 0) is 48.7 Å². The quantitative estimate of drug-likeness (QED) is 0.655. The minimum Gasteiger partial charge on any atom is -0.491 e. The summed E-state index contributed by atoms with van der Waals surface area (Å²) in [5.41, 5.74) is 1.53. The highest BCUT2D eigenvalue weighted by atomic mass is 19.1. The molecule has 0 amide bonds. The highest BCUT2D eigenvalue weighted by molar-refractivity contribution is 5.72. The van der Waals surface area contributed by atoms with E-state index in [9.17, 15) is 9.18 Å². The number of carbonyl (C=O) groups is 1. The van der Waals surface area contributed by atoms with Crippen molar-refractivity contribution >= 4 is 5.97 Å². The molecule has 0 saturated carbocycles. The molecule has 0 radical (unpaired) electrons. The number of ether oxygens (including phenoxy) is 2. The monoisotopic (exact) mass is 346 g/mol. The number of rotatable bonds is 9. The van der Waals surface area contributed by atoms with Gasteiger partial charge in [-0.1, -0.05) is 38.0 Å². The Morgan fingerprint density at radius 3 is 2.40 bits per heavy atom. The third-order valence-corrected chi connectivity index (χ3v) is 3.79. The van der Waals surface area contributed by atoms with E-state index < -0.39 is 17.9 Å². The predicted octanol–water partition coefficient (Wildman–Crippen LogP) is 4.91. The van der Waals surface area contributed by atoms with E-state index in [1.165, 1.54) is 13.0 Å². The van der Waals surface area contributed by atoms with Crippen LogP contribution < -0.4 is 9.47 Å². The minimum absolute atomic E-state index is 0.259. The maximum absolute atomic E-state index is 14.2. The Kier molecular flexibility index (Phi) is 6.81. The first kappa shape index (κ1) is 18.8. The van der Waals surface area contributed by atoms with Crippen LogP contribution >= 0.6 is 0 Å². The van der Waals surface area contributed by atoms with Crippen LogP contribution in [0, 0.1) is 5.82 Å². The molecule has 0 spiro atoms. The summed E-state index contributed by atoms with van der Waals surface area (Å²) in [4.78, 5) is 10.8. The van der Waals surface area contributed by atoms with Gasteiger partial charge in [-0.25, -0.2) is 9.18 Å². The van der Waals surface area contributed by atoms with Gasteiger partial charge in [0.25, 0.3) is 0 Å². The molecule has 0 bridgehead atoms. The number of benzene rings is 2. The molecule has 0 aliphatic heterocycles. The Morgan fingerprint density at radius 2 is 1.80 bits per heavy atom. The fraction of sp³-hybridized carbons (Fsp3) is 0.350. The first-order valence-corrected chi connectivity index (χ1v) is 8.43. The molecule has 1 atom stereocenters. The van der Waals surface area contributed by atoms with Crippen molar-refractivity contribution in [3.63, 3.8) is 0 Å². The second kappa shape index (κ2) is 9.06. The van der Waals surface area contributed by atoms with E-state index in [-0.39, 0.29) is 5.75 Å². The third-order valence-electron chi connectivity index (χ3n) is 3.79. The van der Waals surface area contributed by atoms with Crippen LogP contribution in [0.3, 0.4) is 0 Å². The van der Waals surface area contributed by atoms with Crippen molar-refractivity contribution < 1.29 is 23.8 Å². The molecular weight excluding hydrogens is 323 g/mol. The summed E-state index contributed by atoms with van der Waals surface area (Å²) in [6, 6.07) is 11.7. The van der Waals surface area contributed by atoms with E-state index in [1.54, 1.807) is 36.4 Å². The standard InChI is InChI=1S/C20H23FO4/c1-3-4-5-12-24-19-11-8-16(13-18(19)21)15-6-9-17(10-7-15)25-14(2)20(22)23/h6-11,13-14H,3-5,12H2,1-2H3,(H,22,23). The van der Waals surface area contributed by atoms with Gasteiger partial charge < -0.3 is 14.6 Å². The van der Waals surface area contributed by atoms with E-state index in [0.29, 0.717) is 12.4 Å². The van der Waals surface area contributed by atoms with Crippen LogP contribution in [0.15, 0.2) is 42.5 Å². The molecule has 1 unspecified atom stereocenters. The van der Waals surface area contributed by atoms with Crippen LogP contribution in [0.4, 0.5) is 4.39 Å². The fourth-order valence-electron chi connectivity index (χ4n) is 2.31. The van der Waals surface area contributed by atoms with Gasteiger partial charge >= 0.3 is 5.97 Å². The number of hydrogen-bond acceptors (Lipinski definition) is 3. The van der Waals surface area contributed by atoms with Gasteiger partial charge in [-0.2, -0.15) is 0 Å². The molecule has 25 heavy (non-hydrogen) atoms. The van der Waals surface area contributed by atoms with E-state index in [0.717, 1.165) is 30.4 Å². The zero-order valence-electron chi connectivity index (χ0n) is 14.5. The smallest absolute Gasteiger partial charge is 0.344 e. The van der Waals surface area contributed by atoms with Gasteiger partial charge in [0.05, 0.1) is 6.61 Å². The largest absolute Gasteiger partial charge is 0.491 e. The molecule has 1 N–H and O–H groups in total. The average Bonchev–Trinajstić information content (AvgIpc) is 2.60. The summed E-state index contributed by atoms with van der Waals surface area (Å²) < 4.78 is 24.9. The maximum Gasteiger partial charge on any atom is 0.344 e. The van der Waals surface area contributed by atoms with Crippen molar-refractivity contribution in [1.82, 2.24) is 0 Å². The van der Waals surface area contributed by atoms with E-state index >= 15 is 0 Å². The van der Waals surface area contributed by atoms with Gasteiger partial charge in [-0.15, -0.1) is 0 Å². The summed E-state index contributed by atoms with van der Waals surface area (Å²) in [5.74, 6) is -0.709. The van der Waals surface area contributed by atoms with E-state index in [1.807, 2.05) is 0 Å². The molecule has 2 rings (SSSR count). The number of carboxylic acid groups (broad SMARTS) is 1. The molecule has 134 valence electrons. The summed E-state index contributed by atoms with van der Waals surface area (Å²) >= 11 is 0. The highest BCUT2D eigenvalue weighted by Crippen LogP contribution is 2.27. The second-order valence-corrected chi connectivity index (χ2v) is 5.82. The topological polar surface area (TPSA) is 55.8 Å². The summed E-state index contributed by atoms with van der Waals surface area (Å²) in [5, 5.41) is 8.85. The normalized spacial score (nSPS) is 11.8. The van der Waals surface area contributed by atoms with E-state index in [2.05, 4.69) is 6.92 Å². The maximum atomic E-state index is 14.2. The van der Waals surface area contributed by atoms with Gasteiger partial charge in [0.1, 0.15) is 5.75 Å². The summed E-state index contributed by atoms with van der Waals surface area (Å²) in [6.45, 7) is 4.08. The number of halogens is 1.